The van der Waals surface area contributed by atoms with Gasteiger partial charge in [0, 0.05) is 18.6 Å². The molecule has 1 aromatic carbocycles. The molecular formula is C16H26N2O3. The Morgan fingerprint density at radius 3 is 2.43 bits per heavy atom. The van der Waals surface area contributed by atoms with Gasteiger partial charge in [-0.3, -0.25) is 4.79 Å². The van der Waals surface area contributed by atoms with Crippen LogP contribution in [0.5, 0.6) is 11.5 Å². The molecule has 5 nitrogen and oxygen atoms in total. The van der Waals surface area contributed by atoms with Gasteiger partial charge in [-0.25, -0.2) is 0 Å². The number of amides is 1. The molecule has 1 rings (SSSR count). The lowest BCUT2D eigenvalue weighted by molar-refractivity contribution is -0.123. The first-order chi connectivity index (χ1) is 9.92. The predicted octanol–water partition coefficient (Wildman–Crippen LogP) is 2.10. The van der Waals surface area contributed by atoms with Crippen molar-refractivity contribution < 1.29 is 14.3 Å². The third-order valence-corrected chi connectivity index (χ3v) is 2.75. The average Bonchev–Trinajstić information content (AvgIpc) is 2.42. The van der Waals surface area contributed by atoms with Crippen LogP contribution in [0.15, 0.2) is 18.2 Å². The van der Waals surface area contributed by atoms with Gasteiger partial charge in [0.25, 0.3) is 5.91 Å². The van der Waals surface area contributed by atoms with Crippen molar-refractivity contribution in [2.24, 2.45) is 0 Å². The van der Waals surface area contributed by atoms with Gasteiger partial charge in [0.1, 0.15) is 0 Å². The predicted molar refractivity (Wildman–Crippen MR) is 83.7 cm³/mol. The van der Waals surface area contributed by atoms with Crippen LogP contribution in [-0.2, 0) is 11.3 Å². The van der Waals surface area contributed by atoms with Crippen molar-refractivity contribution >= 4 is 5.91 Å². The Morgan fingerprint density at radius 1 is 1.14 bits per heavy atom. The molecule has 1 aromatic rings. The van der Waals surface area contributed by atoms with E-state index in [0.29, 0.717) is 17.5 Å². The summed E-state index contributed by atoms with van der Waals surface area (Å²) in [6, 6.07) is 6.25. The first-order valence-corrected chi connectivity index (χ1v) is 7.24. The van der Waals surface area contributed by atoms with Crippen molar-refractivity contribution in [3.63, 3.8) is 0 Å². The fourth-order valence-electron chi connectivity index (χ4n) is 1.77. The van der Waals surface area contributed by atoms with Gasteiger partial charge >= 0.3 is 0 Å². The molecule has 0 heterocycles. The number of ether oxygens (including phenoxy) is 2. The summed E-state index contributed by atoms with van der Waals surface area (Å²) in [6.45, 7) is 8.77. The minimum absolute atomic E-state index is 0.0157. The molecule has 0 radical (unpaired) electrons. The number of rotatable bonds is 8. The summed E-state index contributed by atoms with van der Waals surface area (Å²) in [5.74, 6) is 1.07. The minimum atomic E-state index is -0.141. The average molecular weight is 294 g/mol. The smallest absolute Gasteiger partial charge is 0.258 e. The van der Waals surface area contributed by atoms with Gasteiger partial charge in [-0.15, -0.1) is 0 Å². The third-order valence-electron chi connectivity index (χ3n) is 2.75. The number of nitrogens with one attached hydrogen (secondary N) is 2. The zero-order valence-electron chi connectivity index (χ0n) is 13.5. The molecule has 0 aliphatic carbocycles. The standard InChI is InChI=1S/C16H26N2O3/c1-11(2)17-9-13-6-7-14(15(8-13)20-5)21-10-16(19)18-12(3)4/h6-8,11-12,17H,9-10H2,1-5H3,(H,18,19). The van der Waals surface area contributed by atoms with Crippen molar-refractivity contribution in [2.45, 2.75) is 46.3 Å². The van der Waals surface area contributed by atoms with Crippen LogP contribution in [0.25, 0.3) is 0 Å². The second-order valence-corrected chi connectivity index (χ2v) is 5.53. The zero-order chi connectivity index (χ0) is 15.8. The highest BCUT2D eigenvalue weighted by Gasteiger charge is 2.09. The van der Waals surface area contributed by atoms with E-state index in [4.69, 9.17) is 9.47 Å². The molecule has 0 aromatic heterocycles. The lowest BCUT2D eigenvalue weighted by Gasteiger charge is -2.14. The maximum Gasteiger partial charge on any atom is 0.258 e. The maximum absolute atomic E-state index is 11.6. The molecule has 0 aliphatic rings. The molecule has 5 heteroatoms. The van der Waals surface area contributed by atoms with Gasteiger partial charge in [0.05, 0.1) is 7.11 Å². The molecule has 2 N–H and O–H groups in total. The topological polar surface area (TPSA) is 59.6 Å². The Kier molecular flexibility index (Phi) is 7.02. The second-order valence-electron chi connectivity index (χ2n) is 5.53. The van der Waals surface area contributed by atoms with Gasteiger partial charge in [-0.1, -0.05) is 19.9 Å². The van der Waals surface area contributed by atoms with Crippen molar-refractivity contribution in [1.82, 2.24) is 10.6 Å². The Labute approximate surface area is 127 Å². The van der Waals surface area contributed by atoms with Crippen LogP contribution >= 0.6 is 0 Å². The molecular weight excluding hydrogens is 268 g/mol. The second kappa shape index (κ2) is 8.52. The Bertz CT molecular complexity index is 459. The van der Waals surface area contributed by atoms with Crippen molar-refractivity contribution in [3.05, 3.63) is 23.8 Å². The highest BCUT2D eigenvalue weighted by Crippen LogP contribution is 2.28. The largest absolute Gasteiger partial charge is 0.493 e. The van der Waals surface area contributed by atoms with Crippen molar-refractivity contribution in [3.8, 4) is 11.5 Å². The molecule has 0 unspecified atom stereocenters. The summed E-state index contributed by atoms with van der Waals surface area (Å²) in [4.78, 5) is 11.6. The lowest BCUT2D eigenvalue weighted by Crippen LogP contribution is -2.34. The zero-order valence-corrected chi connectivity index (χ0v) is 13.5. The number of hydrogen-bond acceptors (Lipinski definition) is 4. The fourth-order valence-corrected chi connectivity index (χ4v) is 1.77. The Morgan fingerprint density at radius 2 is 1.86 bits per heavy atom. The van der Waals surface area contributed by atoms with E-state index < -0.39 is 0 Å². The van der Waals surface area contributed by atoms with Crippen LogP contribution in [0.3, 0.4) is 0 Å². The quantitative estimate of drug-likeness (QED) is 0.771. The van der Waals surface area contributed by atoms with E-state index in [1.807, 2.05) is 32.0 Å². The van der Waals surface area contributed by atoms with Crippen LogP contribution < -0.4 is 20.1 Å². The van der Waals surface area contributed by atoms with E-state index in [1.54, 1.807) is 7.11 Å². The summed E-state index contributed by atoms with van der Waals surface area (Å²) < 4.78 is 10.8. The summed E-state index contributed by atoms with van der Waals surface area (Å²) >= 11 is 0. The summed E-state index contributed by atoms with van der Waals surface area (Å²) in [5.41, 5.74) is 1.11. The van der Waals surface area contributed by atoms with E-state index in [9.17, 15) is 4.79 Å². The van der Waals surface area contributed by atoms with Crippen molar-refractivity contribution in [2.75, 3.05) is 13.7 Å². The fraction of sp³-hybridized carbons (Fsp3) is 0.562. The SMILES string of the molecule is COc1cc(CNC(C)C)ccc1OCC(=O)NC(C)C. The normalized spacial score (nSPS) is 10.8. The Hall–Kier alpha value is -1.75. The van der Waals surface area contributed by atoms with Gasteiger partial charge < -0.3 is 20.1 Å². The molecule has 118 valence electrons. The van der Waals surface area contributed by atoms with Gasteiger partial charge in [-0.05, 0) is 31.5 Å². The molecule has 21 heavy (non-hydrogen) atoms. The van der Waals surface area contributed by atoms with E-state index in [1.165, 1.54) is 0 Å². The molecule has 0 saturated carbocycles. The molecule has 1 amide bonds. The molecule has 0 bridgehead atoms. The van der Waals surface area contributed by atoms with Gasteiger partial charge in [-0.2, -0.15) is 0 Å². The molecule has 0 spiro atoms. The number of hydrogen-bond donors (Lipinski definition) is 2. The first-order valence-electron chi connectivity index (χ1n) is 7.24. The van der Waals surface area contributed by atoms with E-state index in [-0.39, 0.29) is 18.6 Å². The maximum atomic E-state index is 11.6. The number of benzene rings is 1. The van der Waals surface area contributed by atoms with E-state index >= 15 is 0 Å². The van der Waals surface area contributed by atoms with Gasteiger partial charge in [0.2, 0.25) is 0 Å². The van der Waals surface area contributed by atoms with Crippen LogP contribution in [-0.4, -0.2) is 31.7 Å². The number of carbonyl (C=O) groups excluding carboxylic acids is 1. The van der Waals surface area contributed by atoms with Crippen LogP contribution in [0, 0.1) is 0 Å². The monoisotopic (exact) mass is 294 g/mol. The number of methoxy groups -OCH3 is 1. The summed E-state index contributed by atoms with van der Waals surface area (Å²) in [6.07, 6.45) is 0. The van der Waals surface area contributed by atoms with Crippen LogP contribution in [0.1, 0.15) is 33.3 Å². The van der Waals surface area contributed by atoms with Crippen LogP contribution in [0.2, 0.25) is 0 Å². The van der Waals surface area contributed by atoms with E-state index in [2.05, 4.69) is 24.5 Å². The number of carbonyl (C=O) groups is 1. The highest BCUT2D eigenvalue weighted by atomic mass is 16.5. The highest BCUT2D eigenvalue weighted by molar-refractivity contribution is 5.77. The first kappa shape index (κ1) is 17.3. The summed E-state index contributed by atoms with van der Waals surface area (Å²) in [5, 5.41) is 6.12. The minimum Gasteiger partial charge on any atom is -0.493 e. The van der Waals surface area contributed by atoms with Crippen LogP contribution in [0.4, 0.5) is 0 Å². The summed E-state index contributed by atoms with van der Waals surface area (Å²) in [7, 11) is 1.59. The molecule has 0 fully saturated rings. The lowest BCUT2D eigenvalue weighted by atomic mass is 10.2. The van der Waals surface area contributed by atoms with E-state index in [0.717, 1.165) is 12.1 Å². The van der Waals surface area contributed by atoms with Gasteiger partial charge in [0.15, 0.2) is 18.1 Å². The molecule has 0 saturated heterocycles. The Balaban J connectivity index is 2.64. The third kappa shape index (κ3) is 6.49. The van der Waals surface area contributed by atoms with Crippen molar-refractivity contribution in [1.29, 1.82) is 0 Å². The molecule has 0 aliphatic heterocycles. The molecule has 0 atom stereocenters.